The number of rotatable bonds is 4. The lowest BCUT2D eigenvalue weighted by molar-refractivity contribution is 0.0519. The summed E-state index contributed by atoms with van der Waals surface area (Å²) in [5, 5.41) is 0.587. The molecule has 100 valence electrons. The Balaban J connectivity index is 2.30. The molecule has 0 aliphatic rings. The second-order valence-corrected chi connectivity index (χ2v) is 4.18. The molecule has 0 radical (unpaired) electrons. The van der Waals surface area contributed by atoms with E-state index in [1.54, 1.807) is 25.1 Å². The van der Waals surface area contributed by atoms with Crippen LogP contribution in [0.25, 0.3) is 11.5 Å². The number of nitrogens with zero attached hydrogens (tertiary/aromatic N) is 1. The Labute approximate surface area is 115 Å². The maximum absolute atomic E-state index is 11.5. The second-order valence-electron chi connectivity index (χ2n) is 3.77. The summed E-state index contributed by atoms with van der Waals surface area (Å²) in [5.74, 6) is -0.181. The van der Waals surface area contributed by atoms with Crippen molar-refractivity contribution in [2.24, 2.45) is 5.73 Å². The Morgan fingerprint density at radius 3 is 3.00 bits per heavy atom. The summed E-state index contributed by atoms with van der Waals surface area (Å²) < 4.78 is 10.1. The molecule has 1 aromatic heterocycles. The average Bonchev–Trinajstić information content (AvgIpc) is 2.89. The van der Waals surface area contributed by atoms with Gasteiger partial charge in [-0.2, -0.15) is 0 Å². The van der Waals surface area contributed by atoms with Gasteiger partial charge in [0.25, 0.3) is 0 Å². The standard InChI is InChI=1S/C13H13ClN2O3/c1-2-18-13(17)11-7-19-12(16-11)8-3-4-10(14)9(5-8)6-15/h3-5,7H,2,6,15H2,1H3. The van der Waals surface area contributed by atoms with Gasteiger partial charge < -0.3 is 14.9 Å². The van der Waals surface area contributed by atoms with E-state index in [0.29, 0.717) is 29.6 Å². The number of nitrogens with two attached hydrogens (primary N) is 1. The number of carbonyl (C=O) groups excluding carboxylic acids is 1. The van der Waals surface area contributed by atoms with E-state index in [-0.39, 0.29) is 5.69 Å². The molecule has 5 nitrogen and oxygen atoms in total. The zero-order valence-corrected chi connectivity index (χ0v) is 11.1. The van der Waals surface area contributed by atoms with Crippen LogP contribution in [0.3, 0.4) is 0 Å². The highest BCUT2D eigenvalue weighted by molar-refractivity contribution is 6.31. The number of esters is 1. The van der Waals surface area contributed by atoms with E-state index in [1.807, 2.05) is 0 Å². The van der Waals surface area contributed by atoms with Crippen LogP contribution >= 0.6 is 11.6 Å². The first-order chi connectivity index (χ1) is 9.15. The zero-order chi connectivity index (χ0) is 13.8. The highest BCUT2D eigenvalue weighted by Gasteiger charge is 2.14. The van der Waals surface area contributed by atoms with Crippen LogP contribution in [0.5, 0.6) is 0 Å². The Morgan fingerprint density at radius 1 is 1.53 bits per heavy atom. The van der Waals surface area contributed by atoms with Gasteiger partial charge in [-0.15, -0.1) is 0 Å². The maximum atomic E-state index is 11.5. The van der Waals surface area contributed by atoms with Gasteiger partial charge in [0.05, 0.1) is 6.61 Å². The molecule has 0 aliphatic carbocycles. The zero-order valence-electron chi connectivity index (χ0n) is 10.4. The average molecular weight is 281 g/mol. The predicted octanol–water partition coefficient (Wildman–Crippen LogP) is 2.63. The van der Waals surface area contributed by atoms with Crippen LogP contribution in [0.15, 0.2) is 28.9 Å². The number of aromatic nitrogens is 1. The second kappa shape index (κ2) is 5.86. The van der Waals surface area contributed by atoms with E-state index in [9.17, 15) is 4.79 Å². The molecular weight excluding hydrogens is 268 g/mol. The Morgan fingerprint density at radius 2 is 2.32 bits per heavy atom. The van der Waals surface area contributed by atoms with Crippen molar-refractivity contribution >= 4 is 17.6 Å². The van der Waals surface area contributed by atoms with Crippen molar-refractivity contribution < 1.29 is 13.9 Å². The third kappa shape index (κ3) is 2.94. The summed E-state index contributed by atoms with van der Waals surface area (Å²) in [5.41, 5.74) is 7.22. The number of carbonyl (C=O) groups is 1. The summed E-state index contributed by atoms with van der Waals surface area (Å²) in [6.07, 6.45) is 1.27. The quantitative estimate of drug-likeness (QED) is 0.871. The third-order valence-electron chi connectivity index (χ3n) is 2.50. The molecule has 2 rings (SSSR count). The molecule has 6 heteroatoms. The minimum Gasteiger partial charge on any atom is -0.461 e. The van der Waals surface area contributed by atoms with Crippen molar-refractivity contribution in [3.63, 3.8) is 0 Å². The maximum Gasteiger partial charge on any atom is 0.360 e. The molecule has 19 heavy (non-hydrogen) atoms. The van der Waals surface area contributed by atoms with Crippen molar-refractivity contribution in [3.05, 3.63) is 40.7 Å². The third-order valence-corrected chi connectivity index (χ3v) is 2.87. The molecule has 0 fully saturated rings. The minimum atomic E-state index is -0.509. The van der Waals surface area contributed by atoms with E-state index < -0.39 is 5.97 Å². The van der Waals surface area contributed by atoms with E-state index in [4.69, 9.17) is 26.5 Å². The van der Waals surface area contributed by atoms with Crippen molar-refractivity contribution in [2.75, 3.05) is 6.61 Å². The fourth-order valence-electron chi connectivity index (χ4n) is 1.57. The summed E-state index contributed by atoms with van der Waals surface area (Å²) >= 11 is 5.98. The van der Waals surface area contributed by atoms with Crippen LogP contribution in [0, 0.1) is 0 Å². The molecule has 0 amide bonds. The Bertz CT molecular complexity index is 595. The minimum absolute atomic E-state index is 0.140. The molecular formula is C13H13ClN2O3. The highest BCUT2D eigenvalue weighted by atomic mass is 35.5. The lowest BCUT2D eigenvalue weighted by Crippen LogP contribution is -2.04. The molecule has 0 spiro atoms. The molecule has 0 bridgehead atoms. The molecule has 0 unspecified atom stereocenters. The molecule has 1 aromatic carbocycles. The van der Waals surface area contributed by atoms with Gasteiger partial charge in [-0.1, -0.05) is 11.6 Å². The van der Waals surface area contributed by atoms with E-state index in [2.05, 4.69) is 4.98 Å². The fraction of sp³-hybridized carbons (Fsp3) is 0.231. The fourth-order valence-corrected chi connectivity index (χ4v) is 1.76. The largest absolute Gasteiger partial charge is 0.461 e. The molecule has 0 saturated carbocycles. The van der Waals surface area contributed by atoms with Gasteiger partial charge in [-0.25, -0.2) is 9.78 Å². The number of hydrogen-bond donors (Lipinski definition) is 1. The Hall–Kier alpha value is -1.85. The van der Waals surface area contributed by atoms with Crippen LogP contribution in [-0.4, -0.2) is 17.6 Å². The van der Waals surface area contributed by atoms with E-state index in [1.165, 1.54) is 6.26 Å². The summed E-state index contributed by atoms with van der Waals surface area (Å²) in [6.45, 7) is 2.34. The van der Waals surface area contributed by atoms with Crippen molar-refractivity contribution in [3.8, 4) is 11.5 Å². The van der Waals surface area contributed by atoms with Gasteiger partial charge in [0.2, 0.25) is 5.89 Å². The predicted molar refractivity (Wildman–Crippen MR) is 70.8 cm³/mol. The smallest absolute Gasteiger partial charge is 0.360 e. The van der Waals surface area contributed by atoms with Crippen LogP contribution in [0.4, 0.5) is 0 Å². The Kier molecular flexibility index (Phi) is 4.19. The molecule has 0 saturated heterocycles. The van der Waals surface area contributed by atoms with Crippen LogP contribution in [-0.2, 0) is 11.3 Å². The van der Waals surface area contributed by atoms with Crippen molar-refractivity contribution in [1.29, 1.82) is 0 Å². The topological polar surface area (TPSA) is 78.3 Å². The van der Waals surface area contributed by atoms with Crippen molar-refractivity contribution in [1.82, 2.24) is 4.98 Å². The highest BCUT2D eigenvalue weighted by Crippen LogP contribution is 2.24. The SMILES string of the molecule is CCOC(=O)c1coc(-c2ccc(Cl)c(CN)c2)n1. The first-order valence-corrected chi connectivity index (χ1v) is 6.15. The van der Waals surface area contributed by atoms with Crippen molar-refractivity contribution in [2.45, 2.75) is 13.5 Å². The number of oxazole rings is 1. The molecule has 2 N–H and O–H groups in total. The summed E-state index contributed by atoms with van der Waals surface area (Å²) in [7, 11) is 0. The number of halogens is 1. The monoisotopic (exact) mass is 280 g/mol. The first kappa shape index (κ1) is 13.6. The van der Waals surface area contributed by atoms with E-state index in [0.717, 1.165) is 5.56 Å². The van der Waals surface area contributed by atoms with Gasteiger partial charge in [0.1, 0.15) is 6.26 Å². The van der Waals surface area contributed by atoms with Gasteiger partial charge in [0, 0.05) is 17.1 Å². The molecule has 2 aromatic rings. The van der Waals surface area contributed by atoms with Crippen LogP contribution in [0.1, 0.15) is 23.0 Å². The first-order valence-electron chi connectivity index (χ1n) is 5.77. The summed E-state index contributed by atoms with van der Waals surface area (Å²) in [6, 6.07) is 5.25. The van der Waals surface area contributed by atoms with E-state index >= 15 is 0 Å². The normalized spacial score (nSPS) is 10.5. The lowest BCUT2D eigenvalue weighted by Gasteiger charge is -2.02. The number of ether oxygens (including phenoxy) is 1. The van der Waals surface area contributed by atoms with Crippen LogP contribution < -0.4 is 5.73 Å². The van der Waals surface area contributed by atoms with Gasteiger partial charge in [0.15, 0.2) is 5.69 Å². The molecule has 1 heterocycles. The van der Waals surface area contributed by atoms with Gasteiger partial charge in [-0.3, -0.25) is 0 Å². The lowest BCUT2D eigenvalue weighted by atomic mass is 10.1. The van der Waals surface area contributed by atoms with Gasteiger partial charge in [-0.05, 0) is 30.7 Å². The molecule has 0 atom stereocenters. The summed E-state index contributed by atoms with van der Waals surface area (Å²) in [4.78, 5) is 15.6. The van der Waals surface area contributed by atoms with Gasteiger partial charge >= 0.3 is 5.97 Å². The number of benzene rings is 1. The van der Waals surface area contributed by atoms with Crippen LogP contribution in [0.2, 0.25) is 5.02 Å². The molecule has 0 aliphatic heterocycles. The number of hydrogen-bond acceptors (Lipinski definition) is 5.